The maximum absolute atomic E-state index is 12.2. The van der Waals surface area contributed by atoms with Gasteiger partial charge >= 0.3 is 0 Å². The molecule has 1 amide bonds. The van der Waals surface area contributed by atoms with E-state index in [9.17, 15) is 4.79 Å². The van der Waals surface area contributed by atoms with Gasteiger partial charge in [0.15, 0.2) is 4.80 Å². The van der Waals surface area contributed by atoms with Crippen LogP contribution >= 0.6 is 50.2 Å². The van der Waals surface area contributed by atoms with Crippen molar-refractivity contribution in [2.24, 2.45) is 4.99 Å². The van der Waals surface area contributed by atoms with Gasteiger partial charge in [0.1, 0.15) is 0 Å². The molecule has 0 atom stereocenters. The topological polar surface area (TPSA) is 34.4 Å². The van der Waals surface area contributed by atoms with E-state index >= 15 is 0 Å². The molecule has 3 rings (SSSR count). The number of nitrogens with zero attached hydrogens (tertiary/aromatic N) is 2. The fourth-order valence-electron chi connectivity index (χ4n) is 1.95. The van der Waals surface area contributed by atoms with Gasteiger partial charge in [-0.05, 0) is 30.3 Å². The number of hydrogen-bond acceptors (Lipinski definition) is 3. The van der Waals surface area contributed by atoms with Crippen LogP contribution in [0.4, 0.5) is 0 Å². The number of thiophene rings is 1. The van der Waals surface area contributed by atoms with Crippen molar-refractivity contribution in [1.82, 2.24) is 4.57 Å². The molecular formula is C15H8BrClN2OS2. The SMILES string of the molecule is C#CCn1c(=NC(=O)c2ccc(Cl)s2)sc2cc(Br)ccc21. The van der Waals surface area contributed by atoms with E-state index in [1.165, 1.54) is 22.7 Å². The molecule has 7 heteroatoms. The number of amides is 1. The van der Waals surface area contributed by atoms with E-state index in [0.29, 0.717) is 20.6 Å². The van der Waals surface area contributed by atoms with E-state index in [4.69, 9.17) is 18.0 Å². The van der Waals surface area contributed by atoms with Crippen LogP contribution in [-0.2, 0) is 6.54 Å². The van der Waals surface area contributed by atoms with Crippen LogP contribution in [0.25, 0.3) is 10.2 Å². The molecule has 0 bridgehead atoms. The molecule has 2 heterocycles. The summed E-state index contributed by atoms with van der Waals surface area (Å²) < 4.78 is 4.41. The van der Waals surface area contributed by atoms with Crippen molar-refractivity contribution in [2.45, 2.75) is 6.54 Å². The van der Waals surface area contributed by atoms with Crippen molar-refractivity contribution in [3.05, 3.63) is 48.8 Å². The lowest BCUT2D eigenvalue weighted by molar-refractivity contribution is 0.100. The van der Waals surface area contributed by atoms with E-state index in [0.717, 1.165) is 14.7 Å². The van der Waals surface area contributed by atoms with Gasteiger partial charge in [-0.3, -0.25) is 4.79 Å². The number of terminal acetylenes is 1. The van der Waals surface area contributed by atoms with Gasteiger partial charge in [0.05, 0.1) is 26.0 Å². The van der Waals surface area contributed by atoms with Gasteiger partial charge in [0.25, 0.3) is 5.91 Å². The molecule has 22 heavy (non-hydrogen) atoms. The van der Waals surface area contributed by atoms with Crippen molar-refractivity contribution in [1.29, 1.82) is 0 Å². The highest BCUT2D eigenvalue weighted by atomic mass is 79.9. The maximum Gasteiger partial charge on any atom is 0.289 e. The zero-order valence-corrected chi connectivity index (χ0v) is 15.0. The lowest BCUT2D eigenvalue weighted by Crippen LogP contribution is -2.16. The second-order valence-electron chi connectivity index (χ2n) is 4.31. The zero-order valence-electron chi connectivity index (χ0n) is 11.0. The van der Waals surface area contributed by atoms with Gasteiger partial charge in [-0.25, -0.2) is 0 Å². The minimum Gasteiger partial charge on any atom is -0.305 e. The minimum absolute atomic E-state index is 0.312. The molecule has 0 saturated heterocycles. The zero-order chi connectivity index (χ0) is 15.7. The third-order valence-electron chi connectivity index (χ3n) is 2.88. The first-order valence-corrected chi connectivity index (χ1v) is 8.95. The Hall–Kier alpha value is -1.39. The molecule has 0 unspecified atom stereocenters. The number of fused-ring (bicyclic) bond motifs is 1. The number of aromatic nitrogens is 1. The Labute approximate surface area is 148 Å². The highest BCUT2D eigenvalue weighted by molar-refractivity contribution is 9.10. The normalized spacial score (nSPS) is 11.8. The molecule has 0 radical (unpaired) electrons. The van der Waals surface area contributed by atoms with Crippen LogP contribution in [-0.4, -0.2) is 10.5 Å². The Bertz CT molecular complexity index is 977. The Balaban J connectivity index is 2.17. The Morgan fingerprint density at radius 2 is 2.18 bits per heavy atom. The first-order chi connectivity index (χ1) is 10.6. The summed E-state index contributed by atoms with van der Waals surface area (Å²) in [7, 11) is 0. The van der Waals surface area contributed by atoms with Gasteiger partial charge in [-0.2, -0.15) is 4.99 Å². The number of carbonyl (C=O) groups excluding carboxylic acids is 1. The van der Waals surface area contributed by atoms with E-state index in [1.54, 1.807) is 12.1 Å². The highest BCUT2D eigenvalue weighted by Gasteiger charge is 2.10. The van der Waals surface area contributed by atoms with Gasteiger partial charge in [-0.1, -0.05) is 44.8 Å². The van der Waals surface area contributed by atoms with Crippen LogP contribution in [0.2, 0.25) is 4.34 Å². The summed E-state index contributed by atoms with van der Waals surface area (Å²) in [5.74, 6) is 2.29. The van der Waals surface area contributed by atoms with Crippen LogP contribution < -0.4 is 4.80 Å². The summed E-state index contributed by atoms with van der Waals surface area (Å²) in [5, 5.41) is 0. The van der Waals surface area contributed by atoms with E-state index in [2.05, 4.69) is 26.8 Å². The number of hydrogen-bond donors (Lipinski definition) is 0. The van der Waals surface area contributed by atoms with Crippen LogP contribution in [0.3, 0.4) is 0 Å². The maximum atomic E-state index is 12.2. The highest BCUT2D eigenvalue weighted by Crippen LogP contribution is 2.24. The molecule has 110 valence electrons. The largest absolute Gasteiger partial charge is 0.305 e. The number of rotatable bonds is 2. The average molecular weight is 412 g/mol. The predicted octanol–water partition coefficient (Wildman–Crippen LogP) is 4.55. The third kappa shape index (κ3) is 3.03. The summed E-state index contributed by atoms with van der Waals surface area (Å²) in [5.41, 5.74) is 0.960. The first kappa shape index (κ1) is 15.5. The molecule has 0 aliphatic rings. The number of halogens is 2. The summed E-state index contributed by atoms with van der Waals surface area (Å²) in [6, 6.07) is 9.24. The molecule has 0 saturated carbocycles. The minimum atomic E-state index is -0.312. The molecule has 1 aromatic carbocycles. The van der Waals surface area contributed by atoms with Crippen molar-refractivity contribution in [3.63, 3.8) is 0 Å². The van der Waals surface area contributed by atoms with Crippen LogP contribution in [0, 0.1) is 12.3 Å². The summed E-state index contributed by atoms with van der Waals surface area (Å²) in [4.78, 5) is 17.6. The third-order valence-corrected chi connectivity index (χ3v) is 5.63. The number of carbonyl (C=O) groups is 1. The van der Waals surface area contributed by atoms with Crippen LogP contribution in [0.5, 0.6) is 0 Å². The standard InChI is InChI=1S/C15H8BrClN2OS2/c1-2-7-19-10-4-3-9(16)8-12(10)22-15(19)18-14(20)11-5-6-13(17)21-11/h1,3-6,8H,7H2. The molecule has 2 aromatic heterocycles. The fraction of sp³-hybridized carbons (Fsp3) is 0.0667. The number of benzene rings is 1. The van der Waals surface area contributed by atoms with E-state index < -0.39 is 0 Å². The molecule has 0 aliphatic heterocycles. The monoisotopic (exact) mass is 410 g/mol. The summed E-state index contributed by atoms with van der Waals surface area (Å²) in [6.45, 7) is 0.360. The Kier molecular flexibility index (Phi) is 4.50. The van der Waals surface area contributed by atoms with E-state index in [1.807, 2.05) is 22.8 Å². The Morgan fingerprint density at radius 1 is 1.36 bits per heavy atom. The summed E-state index contributed by atoms with van der Waals surface area (Å²) >= 11 is 11.9. The van der Waals surface area contributed by atoms with Crippen molar-refractivity contribution >= 4 is 66.3 Å². The second-order valence-corrected chi connectivity index (χ2v) is 7.95. The lowest BCUT2D eigenvalue weighted by atomic mass is 10.3. The lowest BCUT2D eigenvalue weighted by Gasteiger charge is -1.99. The quantitative estimate of drug-likeness (QED) is 0.569. The average Bonchev–Trinajstić information content (AvgIpc) is 3.04. The Morgan fingerprint density at radius 3 is 2.86 bits per heavy atom. The van der Waals surface area contributed by atoms with Gasteiger partial charge < -0.3 is 4.57 Å². The first-order valence-electron chi connectivity index (χ1n) is 6.15. The molecule has 3 nitrogen and oxygen atoms in total. The fourth-order valence-corrected chi connectivity index (χ4v) is 4.45. The van der Waals surface area contributed by atoms with E-state index in [-0.39, 0.29) is 5.91 Å². The van der Waals surface area contributed by atoms with Crippen molar-refractivity contribution < 1.29 is 4.79 Å². The number of thiazole rings is 1. The van der Waals surface area contributed by atoms with Gasteiger partial charge in [-0.15, -0.1) is 17.8 Å². The van der Waals surface area contributed by atoms with Crippen LogP contribution in [0.15, 0.2) is 39.8 Å². The smallest absolute Gasteiger partial charge is 0.289 e. The van der Waals surface area contributed by atoms with Crippen molar-refractivity contribution in [2.75, 3.05) is 0 Å². The molecular weight excluding hydrogens is 404 g/mol. The molecule has 0 fully saturated rings. The molecule has 0 spiro atoms. The molecule has 0 aliphatic carbocycles. The summed E-state index contributed by atoms with van der Waals surface area (Å²) in [6.07, 6.45) is 5.44. The van der Waals surface area contributed by atoms with Crippen LogP contribution in [0.1, 0.15) is 9.67 Å². The van der Waals surface area contributed by atoms with Gasteiger partial charge in [0, 0.05) is 4.47 Å². The van der Waals surface area contributed by atoms with Gasteiger partial charge in [0.2, 0.25) is 0 Å². The molecule has 0 N–H and O–H groups in total. The molecule has 3 aromatic rings. The van der Waals surface area contributed by atoms with Crippen molar-refractivity contribution in [3.8, 4) is 12.3 Å². The predicted molar refractivity (Wildman–Crippen MR) is 95.6 cm³/mol. The second kappa shape index (κ2) is 6.39.